The van der Waals surface area contributed by atoms with Crippen molar-refractivity contribution in [3.05, 3.63) is 78.2 Å². The minimum absolute atomic E-state index is 0.231. The van der Waals surface area contributed by atoms with Gasteiger partial charge in [-0.1, -0.05) is 35.5 Å². The third-order valence-electron chi connectivity index (χ3n) is 4.23. The molecule has 0 aliphatic carbocycles. The number of aromatic nitrogens is 2. The molecule has 0 aliphatic rings. The van der Waals surface area contributed by atoms with Crippen LogP contribution < -0.4 is 0 Å². The molecule has 2 heterocycles. The van der Waals surface area contributed by atoms with E-state index in [2.05, 4.69) is 21.1 Å². The molecule has 0 radical (unpaired) electrons. The molecule has 130 valence electrons. The Bertz CT molecular complexity index is 1030. The van der Waals surface area contributed by atoms with Crippen LogP contribution in [0.4, 0.5) is 0 Å². The summed E-state index contributed by atoms with van der Waals surface area (Å²) < 4.78 is 5.48. The molecule has 5 heteroatoms. The molecule has 1 N–H and O–H groups in total. The van der Waals surface area contributed by atoms with E-state index in [0.717, 1.165) is 40.0 Å². The molecule has 0 unspecified atom stereocenters. The highest BCUT2D eigenvalue weighted by atomic mass is 16.5. The average molecular weight is 345 g/mol. The van der Waals surface area contributed by atoms with Crippen LogP contribution in [0.5, 0.6) is 5.75 Å². The van der Waals surface area contributed by atoms with Crippen LogP contribution in [0.15, 0.2) is 71.4 Å². The van der Waals surface area contributed by atoms with E-state index in [1.54, 1.807) is 12.1 Å². The third kappa shape index (κ3) is 3.58. The van der Waals surface area contributed by atoms with Crippen molar-refractivity contribution in [2.45, 2.75) is 13.1 Å². The van der Waals surface area contributed by atoms with E-state index in [0.29, 0.717) is 6.54 Å². The second kappa shape index (κ2) is 6.98. The van der Waals surface area contributed by atoms with Gasteiger partial charge in [0.15, 0.2) is 5.76 Å². The molecule has 0 bridgehead atoms. The van der Waals surface area contributed by atoms with Gasteiger partial charge in [0.1, 0.15) is 11.4 Å². The fourth-order valence-electron chi connectivity index (χ4n) is 3.01. The van der Waals surface area contributed by atoms with Gasteiger partial charge in [0, 0.05) is 35.8 Å². The number of hydrogen-bond donors (Lipinski definition) is 1. The zero-order valence-electron chi connectivity index (χ0n) is 14.5. The summed E-state index contributed by atoms with van der Waals surface area (Å²) in [5.74, 6) is 1.06. The standard InChI is InChI=1S/C21H19N3O2/c1-24(13-15-9-17-7-8-18(25)10-20(17)22-12-15)14-19-11-21(23-26-19)16-5-3-2-4-6-16/h2-12,25H,13-14H2,1H3. The van der Waals surface area contributed by atoms with E-state index in [-0.39, 0.29) is 5.75 Å². The van der Waals surface area contributed by atoms with Crippen molar-refractivity contribution in [3.8, 4) is 17.0 Å². The Hall–Kier alpha value is -3.18. The van der Waals surface area contributed by atoms with Gasteiger partial charge in [0.25, 0.3) is 0 Å². The average Bonchev–Trinajstić information content (AvgIpc) is 3.11. The van der Waals surface area contributed by atoms with Crippen molar-refractivity contribution in [1.82, 2.24) is 15.0 Å². The summed E-state index contributed by atoms with van der Waals surface area (Å²) in [5.41, 5.74) is 3.79. The molecule has 0 saturated carbocycles. The minimum Gasteiger partial charge on any atom is -0.508 e. The monoisotopic (exact) mass is 345 g/mol. The van der Waals surface area contributed by atoms with Gasteiger partial charge in [-0.3, -0.25) is 9.88 Å². The first-order valence-electron chi connectivity index (χ1n) is 8.44. The minimum atomic E-state index is 0.231. The smallest absolute Gasteiger partial charge is 0.151 e. The fraction of sp³-hybridized carbons (Fsp3) is 0.143. The second-order valence-electron chi connectivity index (χ2n) is 6.44. The number of nitrogens with zero attached hydrogens (tertiary/aromatic N) is 3. The predicted octanol–water partition coefficient (Wildman–Crippen LogP) is 4.23. The Kier molecular flexibility index (Phi) is 4.37. The van der Waals surface area contributed by atoms with E-state index in [1.807, 2.05) is 55.7 Å². The van der Waals surface area contributed by atoms with Crippen LogP contribution >= 0.6 is 0 Å². The second-order valence-corrected chi connectivity index (χ2v) is 6.44. The normalized spacial score (nSPS) is 11.3. The van der Waals surface area contributed by atoms with Crippen molar-refractivity contribution in [1.29, 1.82) is 0 Å². The summed E-state index contributed by atoms with van der Waals surface area (Å²) in [6.07, 6.45) is 1.84. The SMILES string of the molecule is CN(Cc1cnc2cc(O)ccc2c1)Cc1cc(-c2ccccc2)no1. The molecule has 2 aromatic heterocycles. The quantitative estimate of drug-likeness (QED) is 0.586. The van der Waals surface area contributed by atoms with Crippen molar-refractivity contribution in [3.63, 3.8) is 0 Å². The molecule has 4 aromatic rings. The summed E-state index contributed by atoms with van der Waals surface area (Å²) in [5, 5.41) is 14.7. The van der Waals surface area contributed by atoms with E-state index in [4.69, 9.17) is 4.52 Å². The van der Waals surface area contributed by atoms with E-state index in [9.17, 15) is 5.11 Å². The number of rotatable bonds is 5. The number of benzene rings is 2. The van der Waals surface area contributed by atoms with Crippen LogP contribution in [0, 0.1) is 0 Å². The summed E-state index contributed by atoms with van der Waals surface area (Å²) in [7, 11) is 2.03. The number of pyridine rings is 1. The number of phenols is 1. The first kappa shape index (κ1) is 16.3. The topological polar surface area (TPSA) is 62.4 Å². The van der Waals surface area contributed by atoms with Gasteiger partial charge in [-0.2, -0.15) is 0 Å². The van der Waals surface area contributed by atoms with Gasteiger partial charge in [0.2, 0.25) is 0 Å². The van der Waals surface area contributed by atoms with Gasteiger partial charge in [-0.15, -0.1) is 0 Å². The highest BCUT2D eigenvalue weighted by Gasteiger charge is 2.10. The van der Waals surface area contributed by atoms with Gasteiger partial charge in [-0.25, -0.2) is 0 Å². The molecule has 0 spiro atoms. The Morgan fingerprint density at radius 2 is 1.85 bits per heavy atom. The first-order valence-corrected chi connectivity index (χ1v) is 8.44. The largest absolute Gasteiger partial charge is 0.508 e. The molecule has 26 heavy (non-hydrogen) atoms. The number of phenolic OH excluding ortho intramolecular Hbond substituents is 1. The first-order chi connectivity index (χ1) is 12.7. The predicted molar refractivity (Wildman–Crippen MR) is 101 cm³/mol. The number of aromatic hydroxyl groups is 1. The van der Waals surface area contributed by atoms with E-state index >= 15 is 0 Å². The molecular weight excluding hydrogens is 326 g/mol. The maximum Gasteiger partial charge on any atom is 0.151 e. The summed E-state index contributed by atoms with van der Waals surface area (Å²) >= 11 is 0. The summed E-state index contributed by atoms with van der Waals surface area (Å²) in [4.78, 5) is 6.57. The van der Waals surface area contributed by atoms with E-state index < -0.39 is 0 Å². The lowest BCUT2D eigenvalue weighted by Crippen LogP contribution is -2.17. The maximum atomic E-state index is 9.53. The molecule has 0 fully saturated rings. The molecule has 4 rings (SSSR count). The molecule has 0 aliphatic heterocycles. The van der Waals surface area contributed by atoms with Crippen LogP contribution in [0.1, 0.15) is 11.3 Å². The Morgan fingerprint density at radius 1 is 1.00 bits per heavy atom. The Morgan fingerprint density at radius 3 is 2.69 bits per heavy atom. The lowest BCUT2D eigenvalue weighted by molar-refractivity contribution is 0.267. The zero-order valence-corrected chi connectivity index (χ0v) is 14.5. The van der Waals surface area contributed by atoms with E-state index in [1.165, 1.54) is 0 Å². The number of hydrogen-bond acceptors (Lipinski definition) is 5. The molecule has 5 nitrogen and oxygen atoms in total. The van der Waals surface area contributed by atoms with Crippen molar-refractivity contribution in [2.75, 3.05) is 7.05 Å². The maximum absolute atomic E-state index is 9.53. The van der Waals surface area contributed by atoms with Crippen LogP contribution in [0.25, 0.3) is 22.2 Å². The number of fused-ring (bicyclic) bond motifs is 1. The fourth-order valence-corrected chi connectivity index (χ4v) is 3.01. The van der Waals surface area contributed by atoms with Crippen molar-refractivity contribution < 1.29 is 9.63 Å². The van der Waals surface area contributed by atoms with Gasteiger partial charge >= 0.3 is 0 Å². The summed E-state index contributed by atoms with van der Waals surface area (Å²) in [6, 6.07) is 19.3. The molecule has 2 aromatic carbocycles. The molecule has 0 amide bonds. The van der Waals surface area contributed by atoms with Gasteiger partial charge in [-0.05, 0) is 30.8 Å². The highest BCUT2D eigenvalue weighted by molar-refractivity contribution is 5.80. The third-order valence-corrected chi connectivity index (χ3v) is 4.23. The van der Waals surface area contributed by atoms with Crippen LogP contribution in [-0.4, -0.2) is 27.2 Å². The van der Waals surface area contributed by atoms with Gasteiger partial charge < -0.3 is 9.63 Å². The molecule has 0 atom stereocenters. The van der Waals surface area contributed by atoms with Gasteiger partial charge in [0.05, 0.1) is 12.1 Å². The van der Waals surface area contributed by atoms with Crippen LogP contribution in [0.3, 0.4) is 0 Å². The Balaban J connectivity index is 1.45. The van der Waals surface area contributed by atoms with Crippen LogP contribution in [-0.2, 0) is 13.1 Å². The lowest BCUT2D eigenvalue weighted by Gasteiger charge is -2.14. The zero-order chi connectivity index (χ0) is 17.9. The summed E-state index contributed by atoms with van der Waals surface area (Å²) in [6.45, 7) is 1.40. The lowest BCUT2D eigenvalue weighted by atomic mass is 10.1. The van der Waals surface area contributed by atoms with Crippen molar-refractivity contribution in [2.24, 2.45) is 0 Å². The molecular formula is C21H19N3O2. The Labute approximate surface area is 151 Å². The highest BCUT2D eigenvalue weighted by Crippen LogP contribution is 2.21. The van der Waals surface area contributed by atoms with Crippen LogP contribution in [0.2, 0.25) is 0 Å². The van der Waals surface area contributed by atoms with Crippen molar-refractivity contribution >= 4 is 10.9 Å². The molecule has 0 saturated heterocycles.